The molecule has 0 radical (unpaired) electrons. The van der Waals surface area contributed by atoms with Crippen LogP contribution in [0.2, 0.25) is 0 Å². The molecule has 1 fully saturated rings. The molecule has 0 heterocycles. The van der Waals surface area contributed by atoms with E-state index >= 15 is 0 Å². The number of halogens is 2. The molecule has 0 saturated heterocycles. The number of unbranched alkanes of at least 4 members (excludes halogenated alkanes) is 2. The zero-order valence-electron chi connectivity index (χ0n) is 16.9. The maximum Gasteiger partial charge on any atom is 0.130 e. The Balaban J connectivity index is 1.63. The summed E-state index contributed by atoms with van der Waals surface area (Å²) in [5.41, 5.74) is 2.67. The van der Waals surface area contributed by atoms with E-state index in [1.807, 2.05) is 12.1 Å². The van der Waals surface area contributed by atoms with Crippen molar-refractivity contribution in [3.8, 4) is 11.1 Å². The minimum Gasteiger partial charge on any atom is -0.396 e. The van der Waals surface area contributed by atoms with E-state index in [2.05, 4.69) is 19.1 Å². The summed E-state index contributed by atoms with van der Waals surface area (Å²) >= 11 is 0. The highest BCUT2D eigenvalue weighted by molar-refractivity contribution is 5.64. The smallest absolute Gasteiger partial charge is 0.130 e. The average molecular weight is 387 g/mol. The second-order valence-electron chi connectivity index (χ2n) is 8.23. The van der Waals surface area contributed by atoms with Gasteiger partial charge in [0.05, 0.1) is 0 Å². The van der Waals surface area contributed by atoms with Gasteiger partial charge >= 0.3 is 0 Å². The fourth-order valence-corrected chi connectivity index (χ4v) is 4.54. The first-order valence-electron chi connectivity index (χ1n) is 10.8. The lowest BCUT2D eigenvalue weighted by molar-refractivity contribution is 0.295. The lowest BCUT2D eigenvalue weighted by Crippen LogP contribution is -2.13. The van der Waals surface area contributed by atoms with E-state index in [9.17, 15) is 8.78 Å². The molecular weight excluding hydrogens is 354 g/mol. The van der Waals surface area contributed by atoms with Crippen molar-refractivity contribution in [3.05, 3.63) is 59.2 Å². The Labute approximate surface area is 167 Å². The predicted octanol–water partition coefficient (Wildman–Crippen LogP) is 7.02. The largest absolute Gasteiger partial charge is 0.396 e. The molecule has 28 heavy (non-hydrogen) atoms. The molecule has 1 nitrogen and oxygen atoms in total. The Morgan fingerprint density at radius 2 is 1.54 bits per heavy atom. The minimum atomic E-state index is -0.588. The Morgan fingerprint density at radius 1 is 0.893 bits per heavy atom. The van der Waals surface area contributed by atoms with Crippen LogP contribution >= 0.6 is 0 Å². The highest BCUT2D eigenvalue weighted by Crippen LogP contribution is 2.38. The van der Waals surface area contributed by atoms with Crippen molar-refractivity contribution < 1.29 is 13.9 Å². The predicted molar refractivity (Wildman–Crippen MR) is 111 cm³/mol. The number of aliphatic hydroxyl groups is 1. The monoisotopic (exact) mass is 386 g/mol. The zero-order chi connectivity index (χ0) is 19.9. The molecule has 0 atom stereocenters. The van der Waals surface area contributed by atoms with Gasteiger partial charge in [0.1, 0.15) is 11.6 Å². The van der Waals surface area contributed by atoms with Crippen molar-refractivity contribution in [2.75, 3.05) is 6.61 Å². The van der Waals surface area contributed by atoms with Crippen molar-refractivity contribution in [1.82, 2.24) is 0 Å². The minimum absolute atomic E-state index is 0.00198. The van der Waals surface area contributed by atoms with E-state index in [1.54, 1.807) is 0 Å². The quantitative estimate of drug-likeness (QED) is 0.483. The summed E-state index contributed by atoms with van der Waals surface area (Å²) in [7, 11) is 0. The van der Waals surface area contributed by atoms with E-state index in [0.717, 1.165) is 11.5 Å². The summed E-state index contributed by atoms with van der Waals surface area (Å²) in [6, 6.07) is 10.9. The molecule has 0 bridgehead atoms. The van der Waals surface area contributed by atoms with Crippen molar-refractivity contribution in [2.24, 2.45) is 5.92 Å². The van der Waals surface area contributed by atoms with Crippen LogP contribution in [0.3, 0.4) is 0 Å². The third kappa shape index (κ3) is 5.20. The van der Waals surface area contributed by atoms with Crippen LogP contribution in [0, 0.1) is 17.6 Å². The summed E-state index contributed by atoms with van der Waals surface area (Å²) < 4.78 is 28.3. The summed E-state index contributed by atoms with van der Waals surface area (Å²) in [4.78, 5) is 0. The average Bonchev–Trinajstić information content (AvgIpc) is 2.71. The summed E-state index contributed by atoms with van der Waals surface area (Å²) in [5.74, 6) is 0.325. The summed E-state index contributed by atoms with van der Waals surface area (Å²) in [6.45, 7) is 2.00. The highest BCUT2D eigenvalue weighted by atomic mass is 19.1. The van der Waals surface area contributed by atoms with E-state index in [0.29, 0.717) is 11.5 Å². The lowest BCUT2D eigenvalue weighted by Gasteiger charge is -2.29. The van der Waals surface area contributed by atoms with Gasteiger partial charge in [-0.15, -0.1) is 0 Å². The number of hydrogen-bond acceptors (Lipinski definition) is 1. The Morgan fingerprint density at radius 3 is 2.11 bits per heavy atom. The van der Waals surface area contributed by atoms with Gasteiger partial charge in [-0.25, -0.2) is 8.78 Å². The van der Waals surface area contributed by atoms with Gasteiger partial charge in [-0.3, -0.25) is 0 Å². The number of rotatable bonds is 8. The van der Waals surface area contributed by atoms with Gasteiger partial charge in [0.2, 0.25) is 0 Å². The number of hydrogen-bond donors (Lipinski definition) is 1. The second kappa shape index (κ2) is 10.2. The fourth-order valence-electron chi connectivity index (χ4n) is 4.54. The van der Waals surface area contributed by atoms with Crippen LogP contribution in [-0.4, -0.2) is 11.7 Å². The van der Waals surface area contributed by atoms with E-state index < -0.39 is 11.6 Å². The zero-order valence-corrected chi connectivity index (χ0v) is 16.9. The van der Waals surface area contributed by atoms with Crippen molar-refractivity contribution in [2.45, 2.75) is 70.6 Å². The third-order valence-corrected chi connectivity index (χ3v) is 6.28. The molecular formula is C25H32F2O. The van der Waals surface area contributed by atoms with Crippen LogP contribution in [0.25, 0.3) is 11.1 Å². The molecule has 2 aromatic carbocycles. The van der Waals surface area contributed by atoms with Crippen LogP contribution in [0.5, 0.6) is 0 Å². The van der Waals surface area contributed by atoms with Crippen molar-refractivity contribution in [1.29, 1.82) is 0 Å². The Bertz CT molecular complexity index is 723. The topological polar surface area (TPSA) is 20.2 Å². The van der Waals surface area contributed by atoms with E-state index in [-0.39, 0.29) is 18.6 Å². The number of aliphatic hydroxyl groups excluding tert-OH is 1. The molecule has 0 spiro atoms. The van der Waals surface area contributed by atoms with Crippen molar-refractivity contribution >= 4 is 0 Å². The molecule has 3 rings (SSSR count). The normalized spacial score (nSPS) is 19.7. The van der Waals surface area contributed by atoms with Gasteiger partial charge in [0.25, 0.3) is 0 Å². The van der Waals surface area contributed by atoms with Gasteiger partial charge in [0.15, 0.2) is 0 Å². The molecule has 0 aliphatic heterocycles. The third-order valence-electron chi connectivity index (χ3n) is 6.28. The Hall–Kier alpha value is -1.74. The molecule has 1 aliphatic rings. The van der Waals surface area contributed by atoms with Crippen LogP contribution < -0.4 is 0 Å². The molecule has 1 saturated carbocycles. The molecule has 0 unspecified atom stereocenters. The maximum atomic E-state index is 14.2. The first-order chi connectivity index (χ1) is 13.6. The molecule has 0 aromatic heterocycles. The van der Waals surface area contributed by atoms with E-state index in [4.69, 9.17) is 5.11 Å². The number of benzene rings is 2. The van der Waals surface area contributed by atoms with Crippen LogP contribution in [0.1, 0.15) is 75.3 Å². The summed E-state index contributed by atoms with van der Waals surface area (Å²) in [6.07, 6.45) is 10.5. The van der Waals surface area contributed by atoms with Gasteiger partial charge < -0.3 is 5.11 Å². The molecule has 3 heteroatoms. The van der Waals surface area contributed by atoms with Gasteiger partial charge in [0, 0.05) is 18.6 Å². The molecule has 1 aliphatic carbocycles. The fraction of sp³-hybridized carbons (Fsp3) is 0.520. The SMILES string of the molecule is CCCCCC1CCC(c2ccc(-c3cc(F)c(CCO)c(F)c3)cc2)CC1. The van der Waals surface area contributed by atoms with E-state index in [1.165, 1.54) is 69.1 Å². The van der Waals surface area contributed by atoms with Crippen LogP contribution in [0.4, 0.5) is 8.78 Å². The standard InChI is InChI=1S/C25H32F2O/c1-2-3-4-5-18-6-8-19(9-7-18)20-10-12-21(13-11-20)22-16-24(26)23(14-15-28)25(27)17-22/h10-13,16-19,28H,2-9,14-15H2,1H3. The highest BCUT2D eigenvalue weighted by Gasteiger charge is 2.22. The van der Waals surface area contributed by atoms with Crippen LogP contribution in [-0.2, 0) is 6.42 Å². The molecule has 152 valence electrons. The van der Waals surface area contributed by atoms with Crippen molar-refractivity contribution in [3.63, 3.8) is 0 Å². The Kier molecular flexibility index (Phi) is 7.61. The first-order valence-corrected chi connectivity index (χ1v) is 10.8. The lowest BCUT2D eigenvalue weighted by atomic mass is 9.77. The first kappa shape index (κ1) is 21.0. The molecule has 1 N–H and O–H groups in total. The van der Waals surface area contributed by atoms with Gasteiger partial charge in [-0.1, -0.05) is 56.9 Å². The molecule has 2 aromatic rings. The molecule has 0 amide bonds. The van der Waals surface area contributed by atoms with Crippen LogP contribution in [0.15, 0.2) is 36.4 Å². The second-order valence-corrected chi connectivity index (χ2v) is 8.23. The summed E-state index contributed by atoms with van der Waals surface area (Å²) in [5, 5.41) is 8.95. The van der Waals surface area contributed by atoms with Gasteiger partial charge in [-0.2, -0.15) is 0 Å². The van der Waals surface area contributed by atoms with Gasteiger partial charge in [-0.05, 0) is 66.3 Å². The maximum absolute atomic E-state index is 14.2.